The van der Waals surface area contributed by atoms with Gasteiger partial charge in [-0.1, -0.05) is 32.0 Å². The molecular formula is C22H29N3O3. The summed E-state index contributed by atoms with van der Waals surface area (Å²) in [5.41, 5.74) is 2.94. The predicted molar refractivity (Wildman–Crippen MR) is 108 cm³/mol. The Labute approximate surface area is 165 Å². The lowest BCUT2D eigenvalue weighted by Crippen LogP contribution is -2.56. The van der Waals surface area contributed by atoms with Crippen LogP contribution in [0.15, 0.2) is 24.3 Å². The molecule has 2 aliphatic heterocycles. The van der Waals surface area contributed by atoms with Gasteiger partial charge >= 0.3 is 5.97 Å². The number of benzene rings is 1. The average molecular weight is 383 g/mol. The van der Waals surface area contributed by atoms with E-state index in [-0.39, 0.29) is 23.8 Å². The molecule has 6 heteroatoms. The molecule has 4 rings (SSSR count). The van der Waals surface area contributed by atoms with E-state index in [1.54, 1.807) is 4.90 Å². The molecule has 1 aromatic carbocycles. The van der Waals surface area contributed by atoms with Gasteiger partial charge in [-0.15, -0.1) is 0 Å². The fraction of sp³-hybridized carbons (Fsp3) is 0.545. The third-order valence-corrected chi connectivity index (χ3v) is 6.30. The summed E-state index contributed by atoms with van der Waals surface area (Å²) in [5, 5.41) is 1.19. The maximum absolute atomic E-state index is 13.5. The van der Waals surface area contributed by atoms with E-state index in [1.807, 2.05) is 26.0 Å². The number of aromatic amines is 1. The minimum atomic E-state index is -0.565. The standard InChI is InChI=1S/C22H29N3O3/c1-13(2)10-19(21(27)28-5)25-20(26)18-11-15-14-8-6-7-9-16(14)23-17(15)12-24(18)22(25,3)4/h6-9,13,18-19,23H,10-12H2,1-5H3/t18-,19-/m0/s1. The van der Waals surface area contributed by atoms with Crippen LogP contribution in [0.3, 0.4) is 0 Å². The highest BCUT2D eigenvalue weighted by molar-refractivity contribution is 5.92. The van der Waals surface area contributed by atoms with Crippen molar-refractivity contribution in [2.24, 2.45) is 5.92 Å². The molecule has 0 unspecified atom stereocenters. The second-order valence-electron chi connectivity index (χ2n) is 8.85. The van der Waals surface area contributed by atoms with Crippen molar-refractivity contribution in [2.75, 3.05) is 7.11 Å². The third-order valence-electron chi connectivity index (χ3n) is 6.30. The van der Waals surface area contributed by atoms with Crippen LogP contribution in [0.5, 0.6) is 0 Å². The van der Waals surface area contributed by atoms with E-state index in [0.717, 1.165) is 5.52 Å². The van der Waals surface area contributed by atoms with E-state index in [1.165, 1.54) is 23.8 Å². The molecule has 0 bridgehead atoms. The van der Waals surface area contributed by atoms with Gasteiger partial charge in [0.25, 0.3) is 0 Å². The molecule has 28 heavy (non-hydrogen) atoms. The summed E-state index contributed by atoms with van der Waals surface area (Å²) in [6.07, 6.45) is 1.25. The van der Waals surface area contributed by atoms with Crippen molar-refractivity contribution < 1.29 is 14.3 Å². The molecular weight excluding hydrogens is 354 g/mol. The van der Waals surface area contributed by atoms with E-state index < -0.39 is 11.7 Å². The van der Waals surface area contributed by atoms with Gasteiger partial charge in [-0.2, -0.15) is 0 Å². The molecule has 0 aliphatic carbocycles. The summed E-state index contributed by atoms with van der Waals surface area (Å²) in [7, 11) is 1.40. The summed E-state index contributed by atoms with van der Waals surface area (Å²) < 4.78 is 5.07. The van der Waals surface area contributed by atoms with Crippen LogP contribution >= 0.6 is 0 Å². The molecule has 2 aliphatic rings. The van der Waals surface area contributed by atoms with Gasteiger partial charge in [0.2, 0.25) is 5.91 Å². The number of hydrogen-bond donors (Lipinski definition) is 1. The van der Waals surface area contributed by atoms with E-state index in [9.17, 15) is 9.59 Å². The summed E-state index contributed by atoms with van der Waals surface area (Å²) in [6.45, 7) is 8.87. The largest absolute Gasteiger partial charge is 0.467 e. The number of nitrogens with zero attached hydrogens (tertiary/aromatic N) is 2. The Balaban J connectivity index is 1.73. The highest BCUT2D eigenvalue weighted by Gasteiger charge is 2.56. The zero-order valence-electron chi connectivity index (χ0n) is 17.3. The van der Waals surface area contributed by atoms with Gasteiger partial charge in [-0.05, 0) is 44.2 Å². The zero-order chi connectivity index (χ0) is 20.2. The summed E-state index contributed by atoms with van der Waals surface area (Å²) >= 11 is 0. The molecule has 1 aromatic heterocycles. The monoisotopic (exact) mass is 383 g/mol. The van der Waals surface area contributed by atoms with Gasteiger partial charge < -0.3 is 14.6 Å². The predicted octanol–water partition coefficient (Wildman–Crippen LogP) is 3.06. The fourth-order valence-electron chi connectivity index (χ4n) is 5.00. The summed E-state index contributed by atoms with van der Waals surface area (Å²) in [6, 6.07) is 7.43. The van der Waals surface area contributed by atoms with Crippen LogP contribution in [0.4, 0.5) is 0 Å². The van der Waals surface area contributed by atoms with Crippen molar-refractivity contribution >= 4 is 22.8 Å². The maximum Gasteiger partial charge on any atom is 0.328 e. The summed E-state index contributed by atoms with van der Waals surface area (Å²) in [4.78, 5) is 33.6. The van der Waals surface area contributed by atoms with Crippen LogP contribution in [-0.2, 0) is 27.3 Å². The molecule has 1 amide bonds. The topological polar surface area (TPSA) is 65.6 Å². The van der Waals surface area contributed by atoms with Crippen LogP contribution < -0.4 is 0 Å². The molecule has 0 radical (unpaired) electrons. The second-order valence-corrected chi connectivity index (χ2v) is 8.85. The van der Waals surface area contributed by atoms with Crippen molar-refractivity contribution in [1.82, 2.24) is 14.8 Å². The lowest BCUT2D eigenvalue weighted by Gasteiger charge is -2.42. The number of rotatable bonds is 4. The Morgan fingerprint density at radius 3 is 2.71 bits per heavy atom. The average Bonchev–Trinajstić information content (AvgIpc) is 3.11. The smallest absolute Gasteiger partial charge is 0.328 e. The minimum Gasteiger partial charge on any atom is -0.467 e. The van der Waals surface area contributed by atoms with E-state index >= 15 is 0 Å². The van der Waals surface area contributed by atoms with Gasteiger partial charge in [0, 0.05) is 23.1 Å². The zero-order valence-corrected chi connectivity index (χ0v) is 17.3. The number of hydrogen-bond acceptors (Lipinski definition) is 4. The first-order valence-corrected chi connectivity index (χ1v) is 10.0. The molecule has 0 spiro atoms. The lowest BCUT2D eigenvalue weighted by molar-refractivity contribution is -0.156. The van der Waals surface area contributed by atoms with E-state index in [2.05, 4.69) is 35.9 Å². The Kier molecular flexibility index (Phi) is 4.49. The van der Waals surface area contributed by atoms with Crippen molar-refractivity contribution in [3.8, 4) is 0 Å². The normalized spacial score (nSPS) is 22.4. The molecule has 1 saturated heterocycles. The number of fused-ring (bicyclic) bond motifs is 4. The highest BCUT2D eigenvalue weighted by Crippen LogP contribution is 2.42. The third kappa shape index (κ3) is 2.73. The maximum atomic E-state index is 13.5. The van der Waals surface area contributed by atoms with Gasteiger partial charge in [-0.3, -0.25) is 9.69 Å². The van der Waals surface area contributed by atoms with Crippen molar-refractivity contribution in [3.63, 3.8) is 0 Å². The van der Waals surface area contributed by atoms with Crippen molar-refractivity contribution in [2.45, 2.75) is 64.8 Å². The Morgan fingerprint density at radius 1 is 1.32 bits per heavy atom. The SMILES string of the molecule is COC(=O)[C@H](CC(C)C)N1C(=O)[C@@H]2Cc3c([nH]c4ccccc34)CN2C1(C)C. The molecule has 150 valence electrons. The van der Waals surface area contributed by atoms with Crippen LogP contribution in [0, 0.1) is 5.92 Å². The highest BCUT2D eigenvalue weighted by atomic mass is 16.5. The van der Waals surface area contributed by atoms with Gasteiger partial charge in [0.1, 0.15) is 6.04 Å². The quantitative estimate of drug-likeness (QED) is 0.824. The number of amides is 1. The molecule has 0 saturated carbocycles. The first kappa shape index (κ1) is 19.0. The number of carbonyl (C=O) groups excluding carboxylic acids is 2. The minimum absolute atomic E-state index is 0.0250. The number of ether oxygens (including phenoxy) is 1. The van der Waals surface area contributed by atoms with Crippen LogP contribution in [0.25, 0.3) is 10.9 Å². The van der Waals surface area contributed by atoms with Crippen molar-refractivity contribution in [3.05, 3.63) is 35.5 Å². The van der Waals surface area contributed by atoms with Gasteiger partial charge in [-0.25, -0.2) is 4.79 Å². The first-order valence-electron chi connectivity index (χ1n) is 10.0. The van der Waals surface area contributed by atoms with Gasteiger partial charge in [0.15, 0.2) is 0 Å². The molecule has 2 aromatic rings. The number of methoxy groups -OCH3 is 1. The Bertz CT molecular complexity index is 930. The molecule has 1 fully saturated rings. The molecule has 1 N–H and O–H groups in total. The molecule has 2 atom stereocenters. The molecule has 3 heterocycles. The lowest BCUT2D eigenvalue weighted by atomic mass is 9.96. The summed E-state index contributed by atoms with van der Waals surface area (Å²) in [5.74, 6) is -0.0297. The fourth-order valence-corrected chi connectivity index (χ4v) is 5.00. The van der Waals surface area contributed by atoms with Crippen molar-refractivity contribution in [1.29, 1.82) is 0 Å². The number of aromatic nitrogens is 1. The number of H-pyrrole nitrogens is 1. The second kappa shape index (κ2) is 6.62. The number of esters is 1. The number of nitrogens with one attached hydrogen (secondary N) is 1. The Hall–Kier alpha value is -2.34. The van der Waals surface area contributed by atoms with Crippen LogP contribution in [-0.4, -0.2) is 51.5 Å². The molecule has 6 nitrogen and oxygen atoms in total. The van der Waals surface area contributed by atoms with Crippen LogP contribution in [0.2, 0.25) is 0 Å². The van der Waals surface area contributed by atoms with E-state index in [4.69, 9.17) is 4.74 Å². The number of para-hydroxylation sites is 1. The first-order chi connectivity index (χ1) is 13.3. The van der Waals surface area contributed by atoms with E-state index in [0.29, 0.717) is 19.4 Å². The van der Waals surface area contributed by atoms with Gasteiger partial charge in [0.05, 0.1) is 18.8 Å². The Morgan fingerprint density at radius 2 is 2.04 bits per heavy atom. The van der Waals surface area contributed by atoms with Crippen LogP contribution in [0.1, 0.15) is 45.4 Å². The number of carbonyl (C=O) groups is 2.